The lowest BCUT2D eigenvalue weighted by atomic mass is 10.1. The van der Waals surface area contributed by atoms with E-state index >= 15 is 0 Å². The highest BCUT2D eigenvalue weighted by atomic mass is 127. The van der Waals surface area contributed by atoms with E-state index in [4.69, 9.17) is 0 Å². The maximum Gasteiger partial charge on any atom is 0.421 e. The Labute approximate surface area is 198 Å². The quantitative estimate of drug-likeness (QED) is 0.330. The van der Waals surface area contributed by atoms with Crippen LogP contribution in [0.5, 0.6) is 0 Å². The third-order valence-corrected chi connectivity index (χ3v) is 5.40. The van der Waals surface area contributed by atoms with Gasteiger partial charge in [0.25, 0.3) is 5.91 Å². The van der Waals surface area contributed by atoms with Gasteiger partial charge in [0, 0.05) is 40.5 Å². The molecule has 0 unspecified atom stereocenters. The number of halogens is 8. The lowest BCUT2D eigenvalue weighted by Crippen LogP contribution is -2.33. The Bertz CT molecular complexity index is 578. The Morgan fingerprint density at radius 1 is 0.833 bits per heavy atom. The number of hydrogen-bond acceptors (Lipinski definition) is 3. The molecule has 176 valence electrons. The number of amides is 2. The van der Waals surface area contributed by atoms with Crippen molar-refractivity contribution in [2.24, 2.45) is 5.92 Å². The van der Waals surface area contributed by atoms with Crippen LogP contribution in [0.3, 0.4) is 0 Å². The number of rotatable bonds is 6. The van der Waals surface area contributed by atoms with Gasteiger partial charge in [0.05, 0.1) is 7.16 Å². The Balaban J connectivity index is 0. The molecule has 0 saturated heterocycles. The van der Waals surface area contributed by atoms with Crippen LogP contribution in [0.1, 0.15) is 19.8 Å². The van der Waals surface area contributed by atoms with Gasteiger partial charge in [-0.1, -0.05) is 19.1 Å². The molecule has 1 N–H and O–H groups in total. The van der Waals surface area contributed by atoms with Crippen molar-refractivity contribution in [1.82, 2.24) is 9.80 Å². The van der Waals surface area contributed by atoms with E-state index in [1.807, 2.05) is 0 Å². The Kier molecular flexibility index (Phi) is 14.5. The van der Waals surface area contributed by atoms with Crippen LogP contribution in [0.2, 0.25) is 0 Å². The molecule has 0 heterocycles. The molecular weight excluding hydrogens is 648 g/mol. The van der Waals surface area contributed by atoms with E-state index < -0.39 is 37.4 Å². The van der Waals surface area contributed by atoms with Crippen LogP contribution in [0.25, 0.3) is 0 Å². The molecule has 2 amide bonds. The topological polar surface area (TPSA) is 60.9 Å². The van der Waals surface area contributed by atoms with Gasteiger partial charge in [-0.25, -0.2) is 0 Å². The summed E-state index contributed by atoms with van der Waals surface area (Å²) in [4.78, 5) is 24.9. The fourth-order valence-corrected chi connectivity index (χ4v) is 2.18. The van der Waals surface area contributed by atoms with Crippen LogP contribution >= 0.6 is 45.2 Å². The van der Waals surface area contributed by atoms with Gasteiger partial charge in [-0.15, -0.1) is 0 Å². The summed E-state index contributed by atoms with van der Waals surface area (Å²) in [6.07, 6.45) is -8.53. The highest BCUT2D eigenvalue weighted by Gasteiger charge is 2.32. The first kappa shape index (κ1) is 31.6. The van der Waals surface area contributed by atoms with Gasteiger partial charge in [-0.3, -0.25) is 9.59 Å². The molecule has 0 saturated carbocycles. The van der Waals surface area contributed by atoms with Crippen molar-refractivity contribution in [3.8, 4) is 0 Å². The highest BCUT2D eigenvalue weighted by molar-refractivity contribution is 14.1. The predicted octanol–water partition coefficient (Wildman–Crippen LogP) is 4.69. The maximum atomic E-state index is 12.1. The minimum absolute atomic E-state index is 0.106. The normalized spacial score (nSPS) is 15.0. The number of carbonyl (C=O) groups is 2. The summed E-state index contributed by atoms with van der Waals surface area (Å²) >= 11 is 2.36. The summed E-state index contributed by atoms with van der Waals surface area (Å²) in [5, 5.41) is 9.20. The Morgan fingerprint density at radius 3 is 1.47 bits per heavy atom. The molecule has 0 aromatic carbocycles. The van der Waals surface area contributed by atoms with E-state index in [9.17, 15) is 41.0 Å². The van der Waals surface area contributed by atoms with E-state index in [1.54, 1.807) is 21.0 Å². The number of alkyl halides is 6. The van der Waals surface area contributed by atoms with E-state index in [0.717, 1.165) is 39.6 Å². The van der Waals surface area contributed by atoms with Crippen molar-refractivity contribution in [2.45, 2.75) is 38.2 Å². The summed E-state index contributed by atoms with van der Waals surface area (Å²) < 4.78 is 70.8. The fourth-order valence-electron chi connectivity index (χ4n) is 1.67. The minimum Gasteiger partial charge on any atom is -0.383 e. The highest BCUT2D eigenvalue weighted by Crippen LogP contribution is 2.32. The van der Waals surface area contributed by atoms with Gasteiger partial charge in [0.2, 0.25) is 5.91 Å². The molecule has 0 aliphatic rings. The second kappa shape index (κ2) is 13.8. The molecule has 0 aliphatic heterocycles. The second-order valence-electron chi connectivity index (χ2n) is 6.45. The molecule has 0 aliphatic carbocycles. The van der Waals surface area contributed by atoms with Gasteiger partial charge >= 0.3 is 12.4 Å². The van der Waals surface area contributed by atoms with Crippen molar-refractivity contribution in [3.05, 3.63) is 19.3 Å². The third kappa shape index (κ3) is 13.7. The van der Waals surface area contributed by atoms with Crippen LogP contribution in [-0.2, 0) is 9.59 Å². The Morgan fingerprint density at radius 2 is 1.17 bits per heavy atom. The third-order valence-electron chi connectivity index (χ3n) is 3.30. The number of nitrogens with zero attached hydrogens (tertiary/aromatic N) is 2. The van der Waals surface area contributed by atoms with E-state index in [2.05, 4.69) is 0 Å². The van der Waals surface area contributed by atoms with Crippen LogP contribution in [0.4, 0.5) is 26.3 Å². The molecule has 0 fully saturated rings. The van der Waals surface area contributed by atoms with Crippen molar-refractivity contribution < 1.29 is 41.0 Å². The average Bonchev–Trinajstić information content (AvgIpc) is 2.60. The number of likely N-dealkylation sites (N-methyl/N-ethyl adjacent to an activating group) is 1. The molecule has 30 heavy (non-hydrogen) atoms. The van der Waals surface area contributed by atoms with E-state index in [1.165, 1.54) is 41.6 Å². The first-order chi connectivity index (χ1) is 13.3. The lowest BCUT2D eigenvalue weighted by Gasteiger charge is -2.15. The summed E-state index contributed by atoms with van der Waals surface area (Å²) in [5.74, 6) is -1.21. The Hall–Kier alpha value is -0.580. The fraction of sp³-hybridized carbons (Fsp3) is 0.647. The van der Waals surface area contributed by atoms with Crippen LogP contribution in [0.15, 0.2) is 19.3 Å². The molecule has 13 heteroatoms. The van der Waals surface area contributed by atoms with Crippen molar-refractivity contribution in [1.29, 1.82) is 0 Å². The van der Waals surface area contributed by atoms with Crippen molar-refractivity contribution in [2.75, 3.05) is 28.2 Å². The number of aliphatic hydroxyl groups is 1. The zero-order valence-electron chi connectivity index (χ0n) is 16.9. The van der Waals surface area contributed by atoms with E-state index in [-0.39, 0.29) is 18.7 Å². The minimum atomic E-state index is -4.42. The van der Waals surface area contributed by atoms with E-state index in [0.29, 0.717) is 0 Å². The monoisotopic (exact) mass is 672 g/mol. The molecule has 0 rings (SSSR count). The molecule has 0 aromatic rings. The molecule has 0 aromatic heterocycles. The molecule has 5 nitrogen and oxygen atoms in total. The molecule has 2 atom stereocenters. The zero-order valence-corrected chi connectivity index (χ0v) is 21.2. The van der Waals surface area contributed by atoms with Gasteiger partial charge in [0.1, 0.15) is 6.10 Å². The largest absolute Gasteiger partial charge is 0.421 e. The maximum absolute atomic E-state index is 12.1. The summed E-state index contributed by atoms with van der Waals surface area (Å²) in [6, 6.07) is 0. The van der Waals surface area contributed by atoms with Crippen LogP contribution in [0, 0.1) is 5.92 Å². The van der Waals surface area contributed by atoms with Gasteiger partial charge < -0.3 is 14.9 Å². The average molecular weight is 672 g/mol. The first-order valence-corrected chi connectivity index (χ1v) is 10.4. The molecular formula is C17H24F6I2N2O3. The van der Waals surface area contributed by atoms with Crippen molar-refractivity contribution >= 4 is 57.0 Å². The summed E-state index contributed by atoms with van der Waals surface area (Å²) in [7, 11) is 6.00. The number of hydrogen-bond donors (Lipinski definition) is 1. The SMILES string of the molecule is CN(C)C(=O)[C@@H](O)C/C=C(\I)C(F)(F)F.C[C@@H](C/C=C(\I)C(F)(F)F)C(=O)N(C)C. The van der Waals surface area contributed by atoms with Crippen molar-refractivity contribution in [3.63, 3.8) is 0 Å². The van der Waals surface area contributed by atoms with Crippen LogP contribution < -0.4 is 0 Å². The first-order valence-electron chi connectivity index (χ1n) is 8.28. The number of allylic oxidation sites excluding steroid dienone is 3. The lowest BCUT2D eigenvalue weighted by molar-refractivity contribution is -0.137. The smallest absolute Gasteiger partial charge is 0.383 e. The summed E-state index contributed by atoms with van der Waals surface area (Å²) in [5.41, 5.74) is 0. The van der Waals surface area contributed by atoms with Gasteiger partial charge in [-0.05, 0) is 51.6 Å². The number of aliphatic hydroxyl groups excluding tert-OH is 1. The number of carbonyl (C=O) groups excluding carboxylic acids is 2. The van der Waals surface area contributed by atoms with Gasteiger partial charge in [0.15, 0.2) is 0 Å². The predicted molar refractivity (Wildman–Crippen MR) is 118 cm³/mol. The van der Waals surface area contributed by atoms with Crippen LogP contribution in [-0.4, -0.2) is 73.4 Å². The molecule has 0 spiro atoms. The second-order valence-corrected chi connectivity index (χ2v) is 8.78. The van der Waals surface area contributed by atoms with Gasteiger partial charge in [-0.2, -0.15) is 26.3 Å². The summed E-state index contributed by atoms with van der Waals surface area (Å²) in [6.45, 7) is 1.61. The molecule has 0 bridgehead atoms. The molecule has 0 radical (unpaired) electrons. The zero-order chi connectivity index (χ0) is 24.4. The standard InChI is InChI=1S/C9H13F3INO.C8H11F3INO2/c1-6(8(15)14(2)3)4-5-7(13)9(10,11)12;1-13(2)7(15)5(14)3-4-6(12)8(9,10)11/h5-6H,4H2,1-3H3;4-5,14H,3H2,1-2H3/b7-5-;6-4-/t6-;5-/m00/s1.